The van der Waals surface area contributed by atoms with Crippen LogP contribution in [0.25, 0.3) is 0 Å². The number of hydrogen-bond donors (Lipinski definition) is 1. The van der Waals surface area contributed by atoms with E-state index in [1.807, 2.05) is 24.3 Å². The minimum Gasteiger partial charge on any atom is -0.494 e. The molecule has 0 spiro atoms. The van der Waals surface area contributed by atoms with Gasteiger partial charge in [0.1, 0.15) is 5.75 Å². The Balaban J connectivity index is 1.21. The number of likely N-dealkylation sites (tertiary alicyclic amines) is 2. The maximum absolute atomic E-state index is 11.2. The van der Waals surface area contributed by atoms with Crippen LogP contribution < -0.4 is 4.74 Å². The van der Waals surface area contributed by atoms with Crippen LogP contribution in [0.5, 0.6) is 5.75 Å². The SMILES string of the molecule is OC1(c2ccc(OCCCN3CCCCC3)cc2)CCN(Cc2ccccc2)CC1. The Morgan fingerprint density at radius 1 is 0.800 bits per heavy atom. The molecule has 162 valence electrons. The first-order valence-electron chi connectivity index (χ1n) is 11.7. The van der Waals surface area contributed by atoms with E-state index in [2.05, 4.69) is 40.1 Å². The summed E-state index contributed by atoms with van der Waals surface area (Å²) in [4.78, 5) is 4.99. The highest BCUT2D eigenvalue weighted by Crippen LogP contribution is 2.34. The molecule has 0 unspecified atom stereocenters. The van der Waals surface area contributed by atoms with Crippen molar-refractivity contribution in [1.29, 1.82) is 0 Å². The van der Waals surface area contributed by atoms with Crippen molar-refractivity contribution in [2.75, 3.05) is 39.3 Å². The van der Waals surface area contributed by atoms with Crippen LogP contribution in [-0.4, -0.2) is 54.2 Å². The molecule has 0 bridgehead atoms. The topological polar surface area (TPSA) is 35.9 Å². The standard InChI is InChI=1S/C26H36N2O2/c29-26(14-19-28(20-15-26)22-23-8-3-1-4-9-23)24-10-12-25(13-11-24)30-21-7-18-27-16-5-2-6-17-27/h1,3-4,8-13,29H,2,5-7,14-22H2. The van der Waals surface area contributed by atoms with Crippen LogP contribution in [0.2, 0.25) is 0 Å². The van der Waals surface area contributed by atoms with Gasteiger partial charge >= 0.3 is 0 Å². The van der Waals surface area contributed by atoms with Crippen molar-refractivity contribution in [3.05, 3.63) is 65.7 Å². The smallest absolute Gasteiger partial charge is 0.119 e. The van der Waals surface area contributed by atoms with Crippen LogP contribution in [-0.2, 0) is 12.1 Å². The fourth-order valence-electron chi connectivity index (χ4n) is 4.73. The molecule has 0 radical (unpaired) electrons. The van der Waals surface area contributed by atoms with Gasteiger partial charge in [0.05, 0.1) is 12.2 Å². The highest BCUT2D eigenvalue weighted by Gasteiger charge is 2.33. The van der Waals surface area contributed by atoms with Crippen molar-refractivity contribution < 1.29 is 9.84 Å². The van der Waals surface area contributed by atoms with E-state index in [1.54, 1.807) is 0 Å². The van der Waals surface area contributed by atoms with Crippen LogP contribution in [0.1, 0.15) is 49.7 Å². The molecule has 2 saturated heterocycles. The third kappa shape index (κ3) is 5.84. The zero-order valence-corrected chi connectivity index (χ0v) is 18.1. The monoisotopic (exact) mass is 408 g/mol. The predicted molar refractivity (Wildman–Crippen MR) is 122 cm³/mol. The van der Waals surface area contributed by atoms with Gasteiger partial charge in [-0.15, -0.1) is 0 Å². The molecule has 2 fully saturated rings. The molecular weight excluding hydrogens is 372 g/mol. The van der Waals surface area contributed by atoms with Gasteiger partial charge in [-0.3, -0.25) is 4.90 Å². The molecule has 2 aromatic rings. The van der Waals surface area contributed by atoms with E-state index in [0.717, 1.165) is 63.4 Å². The Bertz CT molecular complexity index is 748. The number of aliphatic hydroxyl groups is 1. The van der Waals surface area contributed by atoms with Gasteiger partial charge in [0.25, 0.3) is 0 Å². The molecule has 0 aromatic heterocycles. The van der Waals surface area contributed by atoms with Gasteiger partial charge in [-0.2, -0.15) is 0 Å². The molecular formula is C26H36N2O2. The summed E-state index contributed by atoms with van der Waals surface area (Å²) in [5, 5.41) is 11.2. The summed E-state index contributed by atoms with van der Waals surface area (Å²) in [5.74, 6) is 0.905. The van der Waals surface area contributed by atoms with Crippen LogP contribution in [0.15, 0.2) is 54.6 Å². The minimum atomic E-state index is -0.722. The maximum Gasteiger partial charge on any atom is 0.119 e. The first-order valence-corrected chi connectivity index (χ1v) is 11.7. The van der Waals surface area contributed by atoms with Gasteiger partial charge < -0.3 is 14.7 Å². The molecule has 2 aliphatic rings. The molecule has 4 nitrogen and oxygen atoms in total. The lowest BCUT2D eigenvalue weighted by Crippen LogP contribution is -2.42. The first kappa shape index (κ1) is 21.4. The molecule has 2 aliphatic heterocycles. The lowest BCUT2D eigenvalue weighted by Gasteiger charge is -2.38. The Kier molecular flexibility index (Phi) is 7.42. The summed E-state index contributed by atoms with van der Waals surface area (Å²) in [6, 6.07) is 18.7. The van der Waals surface area contributed by atoms with E-state index in [1.165, 1.54) is 37.9 Å². The van der Waals surface area contributed by atoms with Crippen molar-refractivity contribution in [2.24, 2.45) is 0 Å². The van der Waals surface area contributed by atoms with Crippen molar-refractivity contribution in [3.8, 4) is 5.75 Å². The summed E-state index contributed by atoms with van der Waals surface area (Å²) in [6.07, 6.45) is 6.69. The van der Waals surface area contributed by atoms with Crippen molar-refractivity contribution >= 4 is 0 Å². The summed E-state index contributed by atoms with van der Waals surface area (Å²) in [7, 11) is 0. The highest BCUT2D eigenvalue weighted by atomic mass is 16.5. The van der Waals surface area contributed by atoms with Gasteiger partial charge in [0.15, 0.2) is 0 Å². The van der Waals surface area contributed by atoms with Crippen LogP contribution in [0, 0.1) is 0 Å². The van der Waals surface area contributed by atoms with E-state index >= 15 is 0 Å². The van der Waals surface area contributed by atoms with E-state index in [9.17, 15) is 5.11 Å². The van der Waals surface area contributed by atoms with E-state index in [4.69, 9.17) is 4.74 Å². The average Bonchev–Trinajstić information content (AvgIpc) is 2.80. The molecule has 0 amide bonds. The zero-order chi connectivity index (χ0) is 20.7. The molecule has 0 aliphatic carbocycles. The zero-order valence-electron chi connectivity index (χ0n) is 18.1. The third-order valence-electron chi connectivity index (χ3n) is 6.66. The van der Waals surface area contributed by atoms with E-state index < -0.39 is 5.60 Å². The average molecular weight is 409 g/mol. The normalized spacial score (nSPS) is 20.2. The predicted octanol–water partition coefficient (Wildman–Crippen LogP) is 4.43. The Labute approximate surface area is 181 Å². The highest BCUT2D eigenvalue weighted by molar-refractivity contribution is 5.31. The number of piperidine rings is 2. The number of rotatable bonds is 8. The Hall–Kier alpha value is -1.88. The summed E-state index contributed by atoms with van der Waals surface area (Å²) < 4.78 is 5.94. The van der Waals surface area contributed by atoms with Gasteiger partial charge in [0.2, 0.25) is 0 Å². The van der Waals surface area contributed by atoms with Gasteiger partial charge in [0, 0.05) is 26.2 Å². The van der Waals surface area contributed by atoms with Crippen LogP contribution in [0.3, 0.4) is 0 Å². The fraction of sp³-hybridized carbons (Fsp3) is 0.538. The molecule has 1 N–H and O–H groups in total. The van der Waals surface area contributed by atoms with Crippen molar-refractivity contribution in [2.45, 2.75) is 50.7 Å². The largest absolute Gasteiger partial charge is 0.494 e. The van der Waals surface area contributed by atoms with Gasteiger partial charge in [-0.1, -0.05) is 48.9 Å². The molecule has 4 heteroatoms. The number of nitrogens with zero attached hydrogens (tertiary/aromatic N) is 2. The molecule has 30 heavy (non-hydrogen) atoms. The maximum atomic E-state index is 11.2. The Morgan fingerprint density at radius 3 is 2.20 bits per heavy atom. The molecule has 0 atom stereocenters. The third-order valence-corrected chi connectivity index (χ3v) is 6.66. The summed E-state index contributed by atoms with van der Waals surface area (Å²) in [5.41, 5.74) is 1.63. The second-order valence-corrected chi connectivity index (χ2v) is 8.92. The van der Waals surface area contributed by atoms with E-state index in [0.29, 0.717) is 0 Å². The lowest BCUT2D eigenvalue weighted by molar-refractivity contribution is -0.0277. The van der Waals surface area contributed by atoms with Crippen LogP contribution >= 0.6 is 0 Å². The second kappa shape index (κ2) is 10.4. The number of benzene rings is 2. The first-order chi connectivity index (χ1) is 14.7. The fourth-order valence-corrected chi connectivity index (χ4v) is 4.73. The molecule has 0 saturated carbocycles. The van der Waals surface area contributed by atoms with E-state index in [-0.39, 0.29) is 0 Å². The second-order valence-electron chi connectivity index (χ2n) is 8.92. The summed E-state index contributed by atoms with van der Waals surface area (Å²) >= 11 is 0. The number of ether oxygens (including phenoxy) is 1. The molecule has 2 heterocycles. The van der Waals surface area contributed by atoms with Crippen molar-refractivity contribution in [3.63, 3.8) is 0 Å². The van der Waals surface area contributed by atoms with Gasteiger partial charge in [-0.25, -0.2) is 0 Å². The summed E-state index contributed by atoms with van der Waals surface area (Å²) in [6.45, 7) is 7.18. The number of hydrogen-bond acceptors (Lipinski definition) is 4. The lowest BCUT2D eigenvalue weighted by atomic mass is 9.84. The molecule has 2 aromatic carbocycles. The molecule has 4 rings (SSSR count). The quantitative estimate of drug-likeness (QED) is 0.656. The Morgan fingerprint density at radius 2 is 1.50 bits per heavy atom. The van der Waals surface area contributed by atoms with Crippen molar-refractivity contribution in [1.82, 2.24) is 9.80 Å². The van der Waals surface area contributed by atoms with Crippen LogP contribution in [0.4, 0.5) is 0 Å². The van der Waals surface area contributed by atoms with Gasteiger partial charge in [-0.05, 0) is 68.5 Å². The minimum absolute atomic E-state index is 0.722.